The van der Waals surface area contributed by atoms with Crippen LogP contribution < -0.4 is 24.8 Å². The Kier molecular flexibility index (Phi) is 6.24. The topological polar surface area (TPSA) is 90.4 Å². The lowest BCUT2D eigenvalue weighted by Gasteiger charge is -2.12. The van der Waals surface area contributed by atoms with Gasteiger partial charge in [0.05, 0.1) is 0 Å². The molecule has 0 unspecified atom stereocenters. The molecule has 3 aromatic rings. The van der Waals surface area contributed by atoms with Crippen LogP contribution in [0.1, 0.15) is 0 Å². The number of benzene rings is 2. The molecule has 0 radical (unpaired) electrons. The summed E-state index contributed by atoms with van der Waals surface area (Å²) in [4.78, 5) is 12.1. The molecule has 7 rings (SSSR count). The largest absolute Gasteiger partial charge is 0.490 e. The molecule has 32 heavy (non-hydrogen) atoms. The number of nitrogens with zero attached hydrogens (tertiary/aromatic N) is 3. The molecule has 0 fully saturated rings. The summed E-state index contributed by atoms with van der Waals surface area (Å²) in [6.45, 7) is -0.784. The maximum Gasteiger partial charge on any atom is 0.422 e. The van der Waals surface area contributed by atoms with E-state index in [0.717, 1.165) is 0 Å². The van der Waals surface area contributed by atoms with Crippen LogP contribution in [0.2, 0.25) is 0 Å². The number of hydrogen-bond donors (Lipinski definition) is 2. The van der Waals surface area contributed by atoms with Gasteiger partial charge in [0.1, 0.15) is 24.7 Å². The van der Waals surface area contributed by atoms with Crippen LogP contribution in [0, 0.1) is 0 Å². The van der Waals surface area contributed by atoms with Gasteiger partial charge in [-0.3, -0.25) is 0 Å². The van der Waals surface area contributed by atoms with E-state index in [1.165, 1.54) is 0 Å². The second kappa shape index (κ2) is 9.41. The maximum absolute atomic E-state index is 12.6. The SMILES string of the molecule is FC(F)(F)COc1nc2nc(n1)Nc1ccc(cc1)OC/C=C\COc1ccc(cc1)N2. The summed E-state index contributed by atoms with van der Waals surface area (Å²) in [7, 11) is 0. The fraction of sp³-hybridized carbons (Fsp3) is 0.190. The smallest absolute Gasteiger partial charge is 0.422 e. The van der Waals surface area contributed by atoms with Crippen molar-refractivity contribution in [2.45, 2.75) is 6.18 Å². The number of ether oxygens (including phenoxy) is 3. The minimum atomic E-state index is -4.53. The lowest BCUT2D eigenvalue weighted by Crippen LogP contribution is -2.20. The Balaban J connectivity index is 1.65. The van der Waals surface area contributed by atoms with Crippen molar-refractivity contribution < 1.29 is 27.4 Å². The lowest BCUT2D eigenvalue weighted by atomic mass is 10.3. The average Bonchev–Trinajstić information content (AvgIpc) is 2.76. The lowest BCUT2D eigenvalue weighted by molar-refractivity contribution is -0.154. The highest BCUT2D eigenvalue weighted by molar-refractivity contribution is 5.59. The predicted octanol–water partition coefficient (Wildman–Crippen LogP) is 4.63. The second-order valence-electron chi connectivity index (χ2n) is 6.56. The van der Waals surface area contributed by atoms with Gasteiger partial charge in [0.2, 0.25) is 11.9 Å². The number of hydrogen-bond acceptors (Lipinski definition) is 8. The zero-order valence-electron chi connectivity index (χ0n) is 16.6. The Morgan fingerprint density at radius 3 is 1.66 bits per heavy atom. The van der Waals surface area contributed by atoms with E-state index in [1.54, 1.807) is 48.5 Å². The normalized spacial score (nSPS) is 14.6. The summed E-state index contributed by atoms with van der Waals surface area (Å²) in [5.41, 5.74) is 1.20. The van der Waals surface area contributed by atoms with Gasteiger partial charge in [-0.25, -0.2) is 0 Å². The molecular weight excluding hydrogens is 427 g/mol. The monoisotopic (exact) mass is 445 g/mol. The van der Waals surface area contributed by atoms with Crippen LogP contribution in [0.3, 0.4) is 0 Å². The fourth-order valence-electron chi connectivity index (χ4n) is 2.63. The van der Waals surface area contributed by atoms with E-state index in [0.29, 0.717) is 36.1 Å². The van der Waals surface area contributed by atoms with Crippen LogP contribution in [0.4, 0.5) is 36.4 Å². The number of alkyl halides is 3. The van der Waals surface area contributed by atoms with E-state index in [1.807, 2.05) is 12.2 Å². The molecule has 1 aromatic heterocycles. The Morgan fingerprint density at radius 1 is 0.750 bits per heavy atom. The zero-order chi connectivity index (χ0) is 22.4. The number of halogens is 3. The molecule has 4 aliphatic heterocycles. The van der Waals surface area contributed by atoms with E-state index >= 15 is 0 Å². The minimum Gasteiger partial charge on any atom is -0.490 e. The van der Waals surface area contributed by atoms with Gasteiger partial charge in [0.15, 0.2) is 6.61 Å². The van der Waals surface area contributed by atoms with Crippen LogP contribution in [-0.2, 0) is 0 Å². The summed E-state index contributed by atoms with van der Waals surface area (Å²) >= 11 is 0. The molecule has 166 valence electrons. The van der Waals surface area contributed by atoms with Crippen LogP contribution in [-0.4, -0.2) is 40.9 Å². The summed E-state index contributed by atoms with van der Waals surface area (Å²) in [6, 6.07) is 13.4. The highest BCUT2D eigenvalue weighted by Gasteiger charge is 2.29. The van der Waals surface area contributed by atoms with E-state index in [-0.39, 0.29) is 11.9 Å². The molecule has 0 saturated carbocycles. The molecular formula is C21H18F3N5O3. The standard InChI is InChI=1S/C21H18F3N5O3/c22-21(23,24)13-32-20-28-18-25-14-3-7-16(8-4-14)30-11-1-2-12-31-17-9-5-15(6-10-17)26-19(27-18)29-20/h1-10H,11-13H2,(H2,25,26,27,28,29)/b2-1-. The third-order valence-electron chi connectivity index (χ3n) is 4.06. The molecule has 8 nitrogen and oxygen atoms in total. The van der Waals surface area contributed by atoms with Gasteiger partial charge in [-0.1, -0.05) is 0 Å². The molecule has 11 heteroatoms. The van der Waals surface area contributed by atoms with Crippen molar-refractivity contribution in [1.29, 1.82) is 0 Å². The number of anilines is 4. The van der Waals surface area contributed by atoms with Gasteiger partial charge in [0.25, 0.3) is 0 Å². The summed E-state index contributed by atoms with van der Waals surface area (Å²) in [5.74, 6) is 1.30. The third kappa shape index (κ3) is 6.24. The van der Waals surface area contributed by atoms with Crippen LogP contribution >= 0.6 is 0 Å². The molecule has 0 saturated heterocycles. The number of aromatic nitrogens is 3. The third-order valence-corrected chi connectivity index (χ3v) is 4.06. The molecule has 0 amide bonds. The first-order chi connectivity index (χ1) is 15.4. The van der Waals surface area contributed by atoms with Gasteiger partial charge < -0.3 is 24.8 Å². The van der Waals surface area contributed by atoms with Crippen molar-refractivity contribution in [3.8, 4) is 17.5 Å². The average molecular weight is 445 g/mol. The summed E-state index contributed by atoms with van der Waals surface area (Å²) in [6.07, 6.45) is -0.828. The van der Waals surface area contributed by atoms with Gasteiger partial charge in [0, 0.05) is 11.4 Å². The zero-order valence-corrected chi connectivity index (χ0v) is 16.6. The number of rotatable bonds is 2. The summed E-state index contributed by atoms with van der Waals surface area (Å²) < 4.78 is 53.7. The van der Waals surface area contributed by atoms with E-state index in [9.17, 15) is 13.2 Å². The first-order valence-electron chi connectivity index (χ1n) is 9.53. The highest BCUT2D eigenvalue weighted by Crippen LogP contribution is 2.24. The van der Waals surface area contributed by atoms with Gasteiger partial charge in [-0.05, 0) is 60.7 Å². The van der Waals surface area contributed by atoms with E-state index in [4.69, 9.17) is 14.2 Å². The van der Waals surface area contributed by atoms with Gasteiger partial charge >= 0.3 is 12.2 Å². The Labute approximate surface area is 181 Å². The molecule has 0 aliphatic carbocycles. The Bertz CT molecular complexity index is 1000. The van der Waals surface area contributed by atoms with E-state index in [2.05, 4.69) is 25.6 Å². The molecule has 4 aliphatic rings. The fourth-order valence-corrected chi connectivity index (χ4v) is 2.63. The van der Waals surface area contributed by atoms with Gasteiger partial charge in [-0.15, -0.1) is 0 Å². The van der Waals surface area contributed by atoms with Crippen molar-refractivity contribution in [3.05, 3.63) is 60.7 Å². The molecule has 0 atom stereocenters. The highest BCUT2D eigenvalue weighted by atomic mass is 19.4. The Morgan fingerprint density at radius 2 is 1.22 bits per heavy atom. The van der Waals surface area contributed by atoms with E-state index < -0.39 is 18.8 Å². The van der Waals surface area contributed by atoms with Crippen molar-refractivity contribution in [3.63, 3.8) is 0 Å². The van der Waals surface area contributed by atoms with Crippen molar-refractivity contribution in [2.75, 3.05) is 30.5 Å². The quantitative estimate of drug-likeness (QED) is 0.552. The van der Waals surface area contributed by atoms with Crippen LogP contribution in [0.5, 0.6) is 17.5 Å². The molecule has 5 heterocycles. The first kappa shape index (κ1) is 21.2. The Hall–Kier alpha value is -4.02. The van der Waals surface area contributed by atoms with Crippen molar-refractivity contribution in [1.82, 2.24) is 15.0 Å². The summed E-state index contributed by atoms with van der Waals surface area (Å²) in [5, 5.41) is 5.86. The molecule has 2 N–H and O–H groups in total. The molecule has 6 bridgehead atoms. The van der Waals surface area contributed by atoms with Crippen LogP contribution in [0.15, 0.2) is 60.7 Å². The minimum absolute atomic E-state index is 0.00847. The predicted molar refractivity (Wildman–Crippen MR) is 111 cm³/mol. The second-order valence-corrected chi connectivity index (χ2v) is 6.56. The number of nitrogens with one attached hydrogen (secondary N) is 2. The van der Waals surface area contributed by atoms with Crippen LogP contribution in [0.25, 0.3) is 0 Å². The molecule has 0 spiro atoms. The first-order valence-corrected chi connectivity index (χ1v) is 9.53. The molecule has 2 aromatic carbocycles. The maximum atomic E-state index is 12.6. The van der Waals surface area contributed by atoms with Crippen molar-refractivity contribution in [2.24, 2.45) is 0 Å². The van der Waals surface area contributed by atoms with Crippen molar-refractivity contribution >= 4 is 23.3 Å². The van der Waals surface area contributed by atoms with Gasteiger partial charge in [-0.2, -0.15) is 28.1 Å².